The first-order valence-electron chi connectivity index (χ1n) is 7.03. The summed E-state index contributed by atoms with van der Waals surface area (Å²) < 4.78 is 27.0. The summed E-state index contributed by atoms with van der Waals surface area (Å²) in [5, 5.41) is 0. The molecule has 0 amide bonds. The molecule has 4 nitrogen and oxygen atoms in total. The molecule has 1 aromatic carbocycles. The van der Waals surface area contributed by atoms with Crippen molar-refractivity contribution in [3.63, 3.8) is 0 Å². The zero-order valence-electron chi connectivity index (χ0n) is 11.4. The second-order valence-electron chi connectivity index (χ2n) is 5.74. The SMILES string of the molecule is CSN1CCC2[C@H](C1)c1cccc3c1N2CCS3(=O)=O. The molecule has 0 N–H and O–H groups in total. The number of hydrogen-bond acceptors (Lipinski definition) is 5. The Hall–Kier alpha value is -0.720. The number of anilines is 1. The van der Waals surface area contributed by atoms with Gasteiger partial charge in [0, 0.05) is 31.6 Å². The quantitative estimate of drug-likeness (QED) is 0.739. The van der Waals surface area contributed by atoms with E-state index >= 15 is 0 Å². The molecule has 3 heterocycles. The lowest BCUT2D eigenvalue weighted by atomic mass is 9.90. The van der Waals surface area contributed by atoms with Gasteiger partial charge in [-0.05, 0) is 24.3 Å². The molecule has 20 heavy (non-hydrogen) atoms. The van der Waals surface area contributed by atoms with Gasteiger partial charge in [-0.3, -0.25) is 4.31 Å². The molecule has 108 valence electrons. The molecule has 1 unspecified atom stereocenters. The highest BCUT2D eigenvalue weighted by Gasteiger charge is 2.46. The Bertz CT molecular complexity index is 659. The van der Waals surface area contributed by atoms with E-state index in [0.29, 0.717) is 23.4 Å². The first kappa shape index (κ1) is 13.0. The standard InChI is InChI=1S/C14H18N2O2S2/c1-19-15-6-5-12-11(9-15)10-3-2-4-13-14(10)16(12)7-8-20(13,17)18/h2-4,11-12H,5-9H2,1H3/t11-,12?/m1/s1. The van der Waals surface area contributed by atoms with Crippen molar-refractivity contribution >= 4 is 27.5 Å². The predicted octanol–water partition coefficient (Wildman–Crippen LogP) is 1.73. The Morgan fingerprint density at radius 3 is 2.95 bits per heavy atom. The van der Waals surface area contributed by atoms with Gasteiger partial charge in [0.1, 0.15) is 0 Å². The van der Waals surface area contributed by atoms with E-state index in [1.165, 1.54) is 5.56 Å². The van der Waals surface area contributed by atoms with Crippen molar-refractivity contribution in [1.29, 1.82) is 0 Å². The Kier molecular flexibility index (Phi) is 2.85. The third-order valence-electron chi connectivity index (χ3n) is 4.85. The van der Waals surface area contributed by atoms with Crippen molar-refractivity contribution in [1.82, 2.24) is 4.31 Å². The van der Waals surface area contributed by atoms with E-state index in [9.17, 15) is 8.42 Å². The average molecular weight is 310 g/mol. The molecular formula is C14H18N2O2S2. The van der Waals surface area contributed by atoms with Crippen LogP contribution in [0.15, 0.2) is 23.1 Å². The maximum absolute atomic E-state index is 12.3. The Labute approximate surface area is 124 Å². The number of piperidine rings is 1. The zero-order valence-corrected chi connectivity index (χ0v) is 13.1. The number of hydrogen-bond donors (Lipinski definition) is 0. The Morgan fingerprint density at radius 2 is 2.15 bits per heavy atom. The molecule has 0 aliphatic carbocycles. The molecule has 3 aliphatic heterocycles. The smallest absolute Gasteiger partial charge is 0.182 e. The van der Waals surface area contributed by atoms with Gasteiger partial charge in [-0.15, -0.1) is 0 Å². The van der Waals surface area contributed by atoms with E-state index in [0.717, 1.165) is 25.2 Å². The highest BCUT2D eigenvalue weighted by Crippen LogP contribution is 2.49. The monoisotopic (exact) mass is 310 g/mol. The fourth-order valence-corrected chi connectivity index (χ4v) is 5.99. The van der Waals surface area contributed by atoms with Gasteiger partial charge in [0.05, 0.1) is 16.3 Å². The van der Waals surface area contributed by atoms with Crippen LogP contribution >= 0.6 is 11.9 Å². The van der Waals surface area contributed by atoms with Crippen molar-refractivity contribution < 1.29 is 8.42 Å². The summed E-state index contributed by atoms with van der Waals surface area (Å²) in [7, 11) is -3.08. The number of benzene rings is 1. The van der Waals surface area contributed by atoms with Crippen LogP contribution in [0, 0.1) is 0 Å². The van der Waals surface area contributed by atoms with Crippen LogP contribution in [-0.4, -0.2) is 50.4 Å². The first-order chi connectivity index (χ1) is 9.62. The lowest BCUT2D eigenvalue weighted by Gasteiger charge is -2.39. The van der Waals surface area contributed by atoms with Crippen molar-refractivity contribution in [2.24, 2.45) is 0 Å². The molecule has 0 bridgehead atoms. The van der Waals surface area contributed by atoms with E-state index in [1.54, 1.807) is 18.0 Å². The highest BCUT2D eigenvalue weighted by atomic mass is 32.2. The second kappa shape index (κ2) is 4.39. The fraction of sp³-hybridized carbons (Fsp3) is 0.571. The molecule has 6 heteroatoms. The lowest BCUT2D eigenvalue weighted by molar-refractivity contribution is 0.311. The van der Waals surface area contributed by atoms with Gasteiger partial charge in [0.15, 0.2) is 9.84 Å². The Morgan fingerprint density at radius 1 is 1.30 bits per heavy atom. The molecule has 0 radical (unpaired) electrons. The van der Waals surface area contributed by atoms with Crippen molar-refractivity contribution in [2.75, 3.05) is 36.5 Å². The van der Waals surface area contributed by atoms with Gasteiger partial charge in [0.2, 0.25) is 0 Å². The van der Waals surface area contributed by atoms with Crippen molar-refractivity contribution in [3.8, 4) is 0 Å². The number of nitrogens with zero attached hydrogens (tertiary/aromatic N) is 2. The Balaban J connectivity index is 1.86. The number of para-hydroxylation sites is 1. The van der Waals surface area contributed by atoms with Gasteiger partial charge >= 0.3 is 0 Å². The largest absolute Gasteiger partial charge is 0.366 e. The van der Waals surface area contributed by atoms with Gasteiger partial charge in [-0.2, -0.15) is 0 Å². The van der Waals surface area contributed by atoms with Gasteiger partial charge in [0.25, 0.3) is 0 Å². The first-order valence-corrected chi connectivity index (χ1v) is 9.86. The van der Waals surface area contributed by atoms with Crippen LogP contribution in [0.4, 0.5) is 5.69 Å². The molecule has 3 aliphatic rings. The van der Waals surface area contributed by atoms with E-state index in [-0.39, 0.29) is 5.75 Å². The van der Waals surface area contributed by atoms with Gasteiger partial charge < -0.3 is 4.90 Å². The fourth-order valence-electron chi connectivity index (χ4n) is 3.92. The van der Waals surface area contributed by atoms with E-state index in [2.05, 4.69) is 21.5 Å². The van der Waals surface area contributed by atoms with E-state index in [4.69, 9.17) is 0 Å². The van der Waals surface area contributed by atoms with Crippen LogP contribution in [0.5, 0.6) is 0 Å². The second-order valence-corrected chi connectivity index (χ2v) is 8.70. The van der Waals surface area contributed by atoms with E-state index < -0.39 is 9.84 Å². The molecule has 0 aromatic heterocycles. The molecular weight excluding hydrogens is 292 g/mol. The molecule has 1 saturated heterocycles. The highest BCUT2D eigenvalue weighted by molar-refractivity contribution is 7.96. The maximum atomic E-state index is 12.3. The summed E-state index contributed by atoms with van der Waals surface area (Å²) in [6, 6.07) is 6.31. The third-order valence-corrected chi connectivity index (χ3v) is 7.42. The van der Waals surface area contributed by atoms with Crippen molar-refractivity contribution in [3.05, 3.63) is 23.8 Å². The molecule has 4 rings (SSSR count). The zero-order chi connectivity index (χ0) is 13.9. The molecule has 1 fully saturated rings. The van der Waals surface area contributed by atoms with Crippen LogP contribution in [0.25, 0.3) is 0 Å². The predicted molar refractivity (Wildman–Crippen MR) is 82.1 cm³/mol. The van der Waals surface area contributed by atoms with Crippen LogP contribution in [-0.2, 0) is 9.84 Å². The third kappa shape index (κ3) is 1.68. The van der Waals surface area contributed by atoms with Crippen LogP contribution < -0.4 is 4.90 Å². The number of fused-ring (bicyclic) bond motifs is 3. The topological polar surface area (TPSA) is 40.6 Å². The summed E-state index contributed by atoms with van der Waals surface area (Å²) in [6.45, 7) is 2.78. The van der Waals surface area contributed by atoms with Crippen molar-refractivity contribution in [2.45, 2.75) is 23.3 Å². The molecule has 0 spiro atoms. The van der Waals surface area contributed by atoms with Crippen LogP contribution in [0.1, 0.15) is 17.9 Å². The van der Waals surface area contributed by atoms with Crippen LogP contribution in [0.2, 0.25) is 0 Å². The molecule has 1 aromatic rings. The lowest BCUT2D eigenvalue weighted by Crippen LogP contribution is -2.46. The summed E-state index contributed by atoms with van der Waals surface area (Å²) >= 11 is 1.79. The normalized spacial score (nSPS) is 30.9. The average Bonchev–Trinajstić information content (AvgIpc) is 2.78. The summed E-state index contributed by atoms with van der Waals surface area (Å²) in [6.07, 6.45) is 3.24. The molecule has 0 saturated carbocycles. The minimum atomic E-state index is -3.08. The summed E-state index contributed by atoms with van der Waals surface area (Å²) in [5.41, 5.74) is 2.26. The number of sulfone groups is 1. The molecule has 2 atom stereocenters. The van der Waals surface area contributed by atoms with Crippen LogP contribution in [0.3, 0.4) is 0 Å². The van der Waals surface area contributed by atoms with Gasteiger partial charge in [-0.25, -0.2) is 8.42 Å². The van der Waals surface area contributed by atoms with E-state index in [1.807, 2.05) is 6.07 Å². The summed E-state index contributed by atoms with van der Waals surface area (Å²) in [5.74, 6) is 0.721. The van der Waals surface area contributed by atoms with Gasteiger partial charge in [-0.1, -0.05) is 24.1 Å². The minimum absolute atomic E-state index is 0.263. The maximum Gasteiger partial charge on any atom is 0.182 e. The minimum Gasteiger partial charge on any atom is -0.366 e. The summed E-state index contributed by atoms with van der Waals surface area (Å²) in [4.78, 5) is 2.93. The number of rotatable bonds is 1.